The lowest BCUT2D eigenvalue weighted by atomic mass is 10.1. The van der Waals surface area contributed by atoms with Gasteiger partial charge in [0, 0.05) is 24.2 Å². The third kappa shape index (κ3) is 4.71. The van der Waals surface area contributed by atoms with Gasteiger partial charge in [-0.1, -0.05) is 19.4 Å². The number of ether oxygens (including phenoxy) is 1. The summed E-state index contributed by atoms with van der Waals surface area (Å²) in [5, 5.41) is 2.98. The average molecular weight is 380 g/mol. The second kappa shape index (κ2) is 8.91. The van der Waals surface area contributed by atoms with Gasteiger partial charge < -0.3 is 15.0 Å². The Bertz CT molecular complexity index is 845. The number of hydrogen-bond acceptors (Lipinski definition) is 3. The first-order valence-corrected chi connectivity index (χ1v) is 9.89. The molecule has 0 unspecified atom stereocenters. The topological polar surface area (TPSA) is 58.6 Å². The molecule has 1 aliphatic rings. The monoisotopic (exact) mass is 380 g/mol. The Kier molecular flexibility index (Phi) is 6.34. The van der Waals surface area contributed by atoms with Crippen LogP contribution in [0.25, 0.3) is 0 Å². The van der Waals surface area contributed by atoms with Crippen LogP contribution >= 0.6 is 0 Å². The highest BCUT2D eigenvalue weighted by Crippen LogP contribution is 2.24. The van der Waals surface area contributed by atoms with Gasteiger partial charge in [0.1, 0.15) is 5.75 Å². The molecule has 2 aromatic rings. The quantitative estimate of drug-likeness (QED) is 0.738. The van der Waals surface area contributed by atoms with Crippen molar-refractivity contribution in [2.75, 3.05) is 18.1 Å². The Morgan fingerprint density at radius 2 is 1.89 bits per heavy atom. The summed E-state index contributed by atoms with van der Waals surface area (Å²) in [4.78, 5) is 26.7. The van der Waals surface area contributed by atoms with Crippen molar-refractivity contribution in [1.29, 1.82) is 0 Å². The molecule has 0 saturated carbocycles. The molecule has 0 bridgehead atoms. The number of hydrogen-bond donors (Lipinski definition) is 1. The molecule has 0 spiro atoms. The van der Waals surface area contributed by atoms with E-state index in [4.69, 9.17) is 4.74 Å². The summed E-state index contributed by atoms with van der Waals surface area (Å²) in [5.41, 5.74) is 3.81. The lowest BCUT2D eigenvalue weighted by Gasteiger charge is -2.18. The molecular weight excluding hydrogens is 352 g/mol. The molecule has 0 aromatic heterocycles. The van der Waals surface area contributed by atoms with Crippen LogP contribution in [0.2, 0.25) is 0 Å². The van der Waals surface area contributed by atoms with Crippen molar-refractivity contribution in [2.24, 2.45) is 0 Å². The molecule has 5 nitrogen and oxygen atoms in total. The van der Waals surface area contributed by atoms with Crippen molar-refractivity contribution in [3.8, 4) is 5.75 Å². The molecule has 0 aliphatic carbocycles. The second-order valence-corrected chi connectivity index (χ2v) is 7.37. The van der Waals surface area contributed by atoms with E-state index in [1.807, 2.05) is 44.2 Å². The zero-order valence-corrected chi connectivity index (χ0v) is 16.8. The summed E-state index contributed by atoms with van der Waals surface area (Å²) in [5.74, 6) is 0.634. The fourth-order valence-corrected chi connectivity index (χ4v) is 3.25. The molecule has 0 radical (unpaired) electrons. The smallest absolute Gasteiger partial charge is 0.251 e. The number of nitrogens with zero attached hydrogens (tertiary/aromatic N) is 1. The van der Waals surface area contributed by atoms with Gasteiger partial charge in [-0.05, 0) is 67.8 Å². The third-order valence-electron chi connectivity index (χ3n) is 5.15. The second-order valence-electron chi connectivity index (χ2n) is 7.37. The van der Waals surface area contributed by atoms with Gasteiger partial charge in [0.15, 0.2) is 0 Å². The molecule has 1 saturated heterocycles. The third-order valence-corrected chi connectivity index (χ3v) is 5.15. The lowest BCUT2D eigenvalue weighted by Crippen LogP contribution is -2.37. The molecule has 2 aromatic carbocycles. The van der Waals surface area contributed by atoms with Crippen LogP contribution in [0, 0.1) is 13.8 Å². The highest BCUT2D eigenvalue weighted by Gasteiger charge is 2.31. The van der Waals surface area contributed by atoms with Gasteiger partial charge in [0.2, 0.25) is 5.91 Å². The molecule has 3 rings (SSSR count). The minimum absolute atomic E-state index is 0.0354. The standard InChI is InChI=1S/C23H28N2O3/c1-4-5-12-28-21-10-7-18(8-11-21)23(27)24-19-14-22(26)25(15-19)20-9-6-16(2)17(3)13-20/h6-11,13,19H,4-5,12,14-15H2,1-3H3,(H,24,27)/t19-/m0/s1. The molecular formula is C23H28N2O3. The maximum absolute atomic E-state index is 12.5. The SMILES string of the molecule is CCCCOc1ccc(C(=O)N[C@H]2CC(=O)N(c3ccc(C)c(C)c3)C2)cc1. The molecule has 148 valence electrons. The van der Waals surface area contributed by atoms with E-state index in [9.17, 15) is 9.59 Å². The van der Waals surface area contributed by atoms with Crippen LogP contribution in [0.5, 0.6) is 5.75 Å². The van der Waals surface area contributed by atoms with Crippen LogP contribution < -0.4 is 15.0 Å². The average Bonchev–Trinajstić information content (AvgIpc) is 3.05. The predicted octanol–water partition coefficient (Wildman–Crippen LogP) is 4.02. The van der Waals surface area contributed by atoms with E-state index in [-0.39, 0.29) is 17.9 Å². The molecule has 1 atom stereocenters. The van der Waals surface area contributed by atoms with Crippen molar-refractivity contribution in [3.05, 3.63) is 59.2 Å². The fourth-order valence-electron chi connectivity index (χ4n) is 3.25. The van der Waals surface area contributed by atoms with Crippen molar-refractivity contribution < 1.29 is 14.3 Å². The minimum atomic E-state index is -0.193. The van der Waals surface area contributed by atoms with E-state index in [0.29, 0.717) is 25.1 Å². The van der Waals surface area contributed by atoms with Gasteiger partial charge >= 0.3 is 0 Å². The van der Waals surface area contributed by atoms with Crippen molar-refractivity contribution >= 4 is 17.5 Å². The van der Waals surface area contributed by atoms with Gasteiger partial charge in [0.25, 0.3) is 5.91 Å². The van der Waals surface area contributed by atoms with E-state index < -0.39 is 0 Å². The van der Waals surface area contributed by atoms with Crippen LogP contribution in [-0.2, 0) is 4.79 Å². The number of nitrogens with one attached hydrogen (secondary N) is 1. The summed E-state index contributed by atoms with van der Waals surface area (Å²) in [7, 11) is 0. The molecule has 1 fully saturated rings. The van der Waals surface area contributed by atoms with Crippen LogP contribution in [0.4, 0.5) is 5.69 Å². The van der Waals surface area contributed by atoms with Crippen molar-refractivity contribution in [1.82, 2.24) is 5.32 Å². The molecule has 1 aliphatic heterocycles. The molecule has 5 heteroatoms. The van der Waals surface area contributed by atoms with Gasteiger partial charge in [-0.2, -0.15) is 0 Å². The molecule has 2 amide bonds. The summed E-state index contributed by atoms with van der Waals surface area (Å²) < 4.78 is 5.63. The van der Waals surface area contributed by atoms with Crippen LogP contribution in [0.3, 0.4) is 0 Å². The van der Waals surface area contributed by atoms with Crippen LogP contribution in [-0.4, -0.2) is 31.0 Å². The number of anilines is 1. The van der Waals surface area contributed by atoms with Gasteiger partial charge in [-0.25, -0.2) is 0 Å². The summed E-state index contributed by atoms with van der Waals surface area (Å²) in [6.45, 7) is 7.37. The number of rotatable bonds is 7. The Labute approximate surface area is 166 Å². The van der Waals surface area contributed by atoms with Gasteiger partial charge in [-0.3, -0.25) is 9.59 Å². The summed E-state index contributed by atoms with van der Waals surface area (Å²) in [6, 6.07) is 13.0. The van der Waals surface area contributed by atoms with E-state index in [1.54, 1.807) is 17.0 Å². The number of amides is 2. The molecule has 1 N–H and O–H groups in total. The first-order chi connectivity index (χ1) is 13.5. The maximum Gasteiger partial charge on any atom is 0.251 e. The van der Waals surface area contributed by atoms with Crippen LogP contribution in [0.1, 0.15) is 47.7 Å². The zero-order valence-electron chi connectivity index (χ0n) is 16.8. The fraction of sp³-hybridized carbons (Fsp3) is 0.391. The lowest BCUT2D eigenvalue weighted by molar-refractivity contribution is -0.117. The maximum atomic E-state index is 12.5. The summed E-state index contributed by atoms with van der Waals surface area (Å²) in [6.07, 6.45) is 2.41. The normalized spacial score (nSPS) is 16.3. The number of unbranched alkanes of at least 4 members (excludes halogenated alkanes) is 1. The number of benzene rings is 2. The highest BCUT2D eigenvalue weighted by atomic mass is 16.5. The minimum Gasteiger partial charge on any atom is -0.494 e. The van der Waals surface area contributed by atoms with Crippen molar-refractivity contribution in [2.45, 2.75) is 46.1 Å². The summed E-state index contributed by atoms with van der Waals surface area (Å²) >= 11 is 0. The predicted molar refractivity (Wildman–Crippen MR) is 111 cm³/mol. The van der Waals surface area contributed by atoms with E-state index in [2.05, 4.69) is 12.2 Å². The van der Waals surface area contributed by atoms with E-state index in [0.717, 1.165) is 29.8 Å². The Hall–Kier alpha value is -2.82. The number of carbonyl (C=O) groups is 2. The first-order valence-electron chi connectivity index (χ1n) is 9.89. The number of aryl methyl sites for hydroxylation is 2. The molecule has 1 heterocycles. The zero-order chi connectivity index (χ0) is 20.1. The largest absolute Gasteiger partial charge is 0.494 e. The van der Waals surface area contributed by atoms with Crippen LogP contribution in [0.15, 0.2) is 42.5 Å². The van der Waals surface area contributed by atoms with Gasteiger partial charge in [-0.15, -0.1) is 0 Å². The highest BCUT2D eigenvalue weighted by molar-refractivity contribution is 5.99. The van der Waals surface area contributed by atoms with Gasteiger partial charge in [0.05, 0.1) is 12.6 Å². The Morgan fingerprint density at radius 1 is 1.14 bits per heavy atom. The molecule has 28 heavy (non-hydrogen) atoms. The van der Waals surface area contributed by atoms with E-state index in [1.165, 1.54) is 5.56 Å². The first kappa shape index (κ1) is 19.9. The van der Waals surface area contributed by atoms with Crippen molar-refractivity contribution in [3.63, 3.8) is 0 Å². The van der Waals surface area contributed by atoms with E-state index >= 15 is 0 Å². The number of carbonyl (C=O) groups excluding carboxylic acids is 2. The Morgan fingerprint density at radius 3 is 2.57 bits per heavy atom. The Balaban J connectivity index is 1.58.